The fourth-order valence-corrected chi connectivity index (χ4v) is 15.0. The van der Waals surface area contributed by atoms with Gasteiger partial charge in [0.2, 0.25) is 0 Å². The van der Waals surface area contributed by atoms with Crippen molar-refractivity contribution in [3.05, 3.63) is 72.8 Å². The summed E-state index contributed by atoms with van der Waals surface area (Å²) in [5.41, 5.74) is 0. The summed E-state index contributed by atoms with van der Waals surface area (Å²) in [5.74, 6) is 0. The zero-order valence-electron chi connectivity index (χ0n) is 54.2. The average molecular weight is 1230 g/mol. The van der Waals surface area contributed by atoms with Crippen molar-refractivity contribution in [1.82, 2.24) is 0 Å². The first-order valence-corrected chi connectivity index (χ1v) is 38.2. The molecule has 16 heteroatoms. The molecule has 3 N–H and O–H groups in total. The van der Waals surface area contributed by atoms with Crippen LogP contribution in [0.3, 0.4) is 0 Å². The Morgan fingerprint density at radius 3 is 0.549 bits per heavy atom. The van der Waals surface area contributed by atoms with Crippen LogP contribution >= 0.6 is 7.92 Å². The molecule has 0 aliphatic heterocycles. The van der Waals surface area contributed by atoms with Gasteiger partial charge in [-0.15, -0.1) is 0 Å². The molecule has 0 heterocycles. The Bertz CT molecular complexity index is 2040. The number of quaternary nitrogens is 3. The Morgan fingerprint density at radius 1 is 0.280 bits per heavy atom. The normalized spacial score (nSPS) is 12.3. The second-order valence-electron chi connectivity index (χ2n) is 23.2. The van der Waals surface area contributed by atoms with Crippen molar-refractivity contribution in [1.29, 1.82) is 0 Å². The minimum absolute atomic E-state index is 0.338. The number of hydrogen-bond acceptors (Lipinski definition) is 6. The zero-order valence-corrected chi connectivity index (χ0v) is 57.5. The lowest BCUT2D eigenvalue weighted by Crippen LogP contribution is -2.50. The molecule has 3 aromatic rings. The highest BCUT2D eigenvalue weighted by atomic mass is 32.2. The summed E-state index contributed by atoms with van der Waals surface area (Å²) in [4.78, 5) is -1.22. The van der Waals surface area contributed by atoms with Crippen LogP contribution in [0.25, 0.3) is 0 Å². The highest BCUT2D eigenvalue weighted by Crippen LogP contribution is 2.35. The van der Waals surface area contributed by atoms with Gasteiger partial charge in [-0.1, -0.05) is 197 Å². The molecular formula is C66H123N3O9PS3+3. The van der Waals surface area contributed by atoms with E-state index in [1.807, 2.05) is 0 Å². The van der Waals surface area contributed by atoms with E-state index >= 15 is 0 Å². The number of hydrogen-bond donors (Lipinski definition) is 3. The van der Waals surface area contributed by atoms with Crippen molar-refractivity contribution in [3.63, 3.8) is 0 Å². The molecule has 12 nitrogen and oxygen atoms in total. The lowest BCUT2D eigenvalue weighted by Gasteiger charge is -2.39. The van der Waals surface area contributed by atoms with E-state index in [1.165, 1.54) is 301 Å². The molecule has 0 bridgehead atoms. The number of benzene rings is 3. The molecule has 0 unspecified atom stereocenters. The molecule has 0 saturated heterocycles. The van der Waals surface area contributed by atoms with Crippen LogP contribution < -0.4 is 15.9 Å². The Hall–Kier alpha value is -2.30. The summed E-state index contributed by atoms with van der Waals surface area (Å²) in [6, 6.07) is 15.7. The van der Waals surface area contributed by atoms with Crippen molar-refractivity contribution in [2.24, 2.45) is 0 Å². The van der Waals surface area contributed by atoms with E-state index in [1.54, 1.807) is 0 Å². The zero-order chi connectivity index (χ0) is 62.0. The lowest BCUT2D eigenvalue weighted by molar-refractivity contribution is -0.929. The van der Waals surface area contributed by atoms with Gasteiger partial charge < -0.3 is 13.4 Å². The van der Waals surface area contributed by atoms with Crippen LogP contribution in [0, 0.1) is 0 Å². The van der Waals surface area contributed by atoms with Gasteiger partial charge in [0.25, 0.3) is 30.4 Å². The van der Waals surface area contributed by atoms with Gasteiger partial charge in [0.05, 0.1) is 93.2 Å². The summed E-state index contributed by atoms with van der Waals surface area (Å²) in [6.07, 6.45) is 33.2. The van der Waals surface area contributed by atoms with Crippen molar-refractivity contribution in [2.75, 3.05) is 78.5 Å². The minimum atomic E-state index is -4.55. The first-order valence-electron chi connectivity index (χ1n) is 32.6. The maximum absolute atomic E-state index is 11.6. The molecule has 3 rings (SSSR count). The molecule has 0 amide bonds. The Labute approximate surface area is 506 Å². The fourth-order valence-electron chi connectivity index (χ4n) is 10.7. The predicted molar refractivity (Wildman–Crippen MR) is 353 cm³/mol. The molecule has 82 heavy (non-hydrogen) atoms. The topological polar surface area (TPSA) is 163 Å². The van der Waals surface area contributed by atoms with Gasteiger partial charge in [0.1, 0.15) is 0 Å². The Morgan fingerprint density at radius 2 is 0.427 bits per heavy atom. The lowest BCUT2D eigenvalue weighted by atomic mass is 10.1. The maximum Gasteiger partial charge on any atom is 0.294 e. The third-order valence-electron chi connectivity index (χ3n) is 16.0. The van der Waals surface area contributed by atoms with Crippen molar-refractivity contribution in [2.45, 2.75) is 252 Å². The molecule has 3 aromatic carbocycles. The Balaban J connectivity index is 0.00000112. The van der Waals surface area contributed by atoms with Gasteiger partial charge >= 0.3 is 0 Å². The summed E-state index contributed by atoms with van der Waals surface area (Å²) in [6.45, 7) is 45.1. The average Bonchev–Trinajstić information content (AvgIpc) is 3.66. The van der Waals surface area contributed by atoms with E-state index in [9.17, 15) is 38.9 Å². The van der Waals surface area contributed by atoms with E-state index in [-0.39, 0.29) is 0 Å². The summed E-state index contributed by atoms with van der Waals surface area (Å²) in [5, 5.41) is 1.01. The predicted octanol–water partition coefficient (Wildman–Crippen LogP) is 16.2. The van der Waals surface area contributed by atoms with Crippen LogP contribution in [0.1, 0.15) is 237 Å². The Kier molecular flexibility index (Phi) is 43.8. The van der Waals surface area contributed by atoms with Gasteiger partial charge in [-0.25, -0.2) is 0 Å². The quantitative estimate of drug-likeness (QED) is 0.0285. The summed E-state index contributed by atoms with van der Waals surface area (Å²) < 4.78 is 102. The van der Waals surface area contributed by atoms with Crippen molar-refractivity contribution >= 4 is 54.2 Å². The molecule has 0 fully saturated rings. The molecule has 0 radical (unpaired) electrons. The third kappa shape index (κ3) is 33.0. The van der Waals surface area contributed by atoms with Gasteiger partial charge in [0, 0.05) is 0 Å². The van der Waals surface area contributed by atoms with Crippen LogP contribution in [-0.4, -0.2) is 131 Å². The standard InChI is InChI=1S/C18H15O9PS3.3C16H36N/c19-29(20,21)16-7-1-4-13(10-16)28(14-5-2-8-17(11-14)30(22,23)24)15-6-3-9-18(12-15)31(25,26)27;3*1-5-9-13-17(14-10-6-2,15-11-7-3)16-12-8-4/h1-12H,(H,19,20,21)(H,22,23,24)(H,25,26,27);3*5-16H2,1-4H3/q;3*+1. The van der Waals surface area contributed by atoms with Gasteiger partial charge in [-0.05, 0) is 137 Å². The molecule has 0 aliphatic rings. The van der Waals surface area contributed by atoms with Gasteiger partial charge in [0.15, 0.2) is 0 Å². The molecule has 0 spiro atoms. The third-order valence-corrected chi connectivity index (χ3v) is 20.9. The van der Waals surface area contributed by atoms with E-state index in [0.717, 1.165) is 18.2 Å². The minimum Gasteiger partial charge on any atom is -0.324 e. The van der Waals surface area contributed by atoms with Crippen molar-refractivity contribution < 1.29 is 52.4 Å². The van der Waals surface area contributed by atoms with E-state index in [0.29, 0.717) is 15.9 Å². The number of rotatable bonds is 42. The molecular weight excluding hydrogens is 1110 g/mol. The smallest absolute Gasteiger partial charge is 0.294 e. The first-order chi connectivity index (χ1) is 39.0. The van der Waals surface area contributed by atoms with Gasteiger partial charge in [-0.3, -0.25) is 13.7 Å². The monoisotopic (exact) mass is 1230 g/mol. The number of nitrogens with zero attached hydrogens (tertiary/aromatic N) is 3. The maximum atomic E-state index is 11.6. The second-order valence-corrected chi connectivity index (χ2v) is 29.7. The van der Waals surface area contributed by atoms with E-state index in [4.69, 9.17) is 0 Å². The van der Waals surface area contributed by atoms with Crippen LogP contribution in [0.5, 0.6) is 0 Å². The second kappa shape index (κ2) is 45.0. The highest BCUT2D eigenvalue weighted by Gasteiger charge is 2.28. The summed E-state index contributed by atoms with van der Waals surface area (Å²) >= 11 is 0. The largest absolute Gasteiger partial charge is 0.324 e. The van der Waals surface area contributed by atoms with Crippen molar-refractivity contribution in [3.8, 4) is 0 Å². The van der Waals surface area contributed by atoms with Gasteiger partial charge in [-0.2, -0.15) is 25.3 Å². The van der Waals surface area contributed by atoms with Crippen LogP contribution in [0.4, 0.5) is 0 Å². The highest BCUT2D eigenvalue weighted by molar-refractivity contribution is 7.86. The van der Waals surface area contributed by atoms with Crippen LogP contribution in [-0.2, 0) is 30.4 Å². The molecule has 476 valence electrons. The van der Waals surface area contributed by atoms with Crippen LogP contribution in [0.2, 0.25) is 0 Å². The van der Waals surface area contributed by atoms with E-state index < -0.39 is 53.0 Å². The molecule has 0 aromatic heterocycles. The molecule has 0 saturated carbocycles. The van der Waals surface area contributed by atoms with Crippen LogP contribution in [0.15, 0.2) is 87.5 Å². The van der Waals surface area contributed by atoms with E-state index in [2.05, 4.69) is 83.1 Å². The first kappa shape index (κ1) is 79.7. The number of unbranched alkanes of at least 4 members (excludes halogenated alkanes) is 12. The summed E-state index contributed by atoms with van der Waals surface area (Å²) in [7, 11) is -15.4. The molecule has 0 atom stereocenters. The fraction of sp³-hybridized carbons (Fsp3) is 0.727. The SMILES string of the molecule is CCCC[N+](CCCC)(CCCC)CCCC.CCCC[N+](CCCC)(CCCC)CCCC.CCCC[N+](CCCC)(CCCC)CCCC.O=S(=O)(O)c1cccc(P(c2cccc(S(=O)(=O)O)c2)c2cccc(S(=O)(=O)O)c2)c1. The molecule has 0 aliphatic carbocycles.